The number of halogens is 3. The molecule has 2 aliphatic heterocycles. The molecule has 3 aromatic heterocycles. The summed E-state index contributed by atoms with van der Waals surface area (Å²) in [5.41, 5.74) is 9.63. The quantitative estimate of drug-likeness (QED) is 0.163. The second-order valence-corrected chi connectivity index (χ2v) is 19.3. The van der Waals surface area contributed by atoms with Gasteiger partial charge in [0.15, 0.2) is 0 Å². The van der Waals surface area contributed by atoms with Crippen molar-refractivity contribution in [3.05, 3.63) is 117 Å². The van der Waals surface area contributed by atoms with E-state index >= 15 is 0 Å². The minimum absolute atomic E-state index is 0. The number of hydrogen-bond acceptors (Lipinski definition) is 2. The number of aromatic nitrogens is 4. The van der Waals surface area contributed by atoms with Crippen LogP contribution in [0.15, 0.2) is 66.7 Å². The second kappa shape index (κ2) is 14.4. The molecule has 8 bridgehead atoms. The van der Waals surface area contributed by atoms with E-state index in [0.29, 0.717) is 28.3 Å². The van der Waals surface area contributed by atoms with Crippen LogP contribution in [0.2, 0.25) is 0 Å². The predicted molar refractivity (Wildman–Crippen MR) is 227 cm³/mol. The van der Waals surface area contributed by atoms with E-state index in [9.17, 15) is 13.2 Å². The average Bonchev–Trinajstić information content (AvgIpc) is 3.89. The van der Waals surface area contributed by atoms with Crippen LogP contribution in [0.3, 0.4) is 0 Å². The molecule has 0 unspecified atom stereocenters. The third-order valence-electron chi connectivity index (χ3n) is 10.6. The van der Waals surface area contributed by atoms with Crippen molar-refractivity contribution in [2.75, 3.05) is 0 Å². The van der Waals surface area contributed by atoms with Crippen LogP contribution in [0.4, 0.5) is 13.2 Å². The Bertz CT molecular complexity index is 2540. The smallest absolute Gasteiger partial charge is 0.657 e. The number of benzene rings is 2. The molecule has 5 aromatic rings. The Labute approximate surface area is 348 Å². The van der Waals surface area contributed by atoms with Crippen molar-refractivity contribution in [2.24, 2.45) is 0 Å². The first-order valence-electron chi connectivity index (χ1n) is 19.3. The van der Waals surface area contributed by atoms with Crippen molar-refractivity contribution in [2.45, 2.75) is 111 Å². The molecule has 4 nitrogen and oxygen atoms in total. The second-order valence-electron chi connectivity index (χ2n) is 19.3. The Morgan fingerprint density at radius 2 is 0.860 bits per heavy atom. The summed E-state index contributed by atoms with van der Waals surface area (Å²) in [7, 11) is 0. The molecule has 0 aliphatic carbocycles. The van der Waals surface area contributed by atoms with Gasteiger partial charge in [0, 0.05) is 5.56 Å². The first-order chi connectivity index (χ1) is 25.8. The molecule has 0 N–H and O–H groups in total. The topological polar surface area (TPSA) is 54.0 Å². The van der Waals surface area contributed by atoms with Gasteiger partial charge >= 0.3 is 25.7 Å². The summed E-state index contributed by atoms with van der Waals surface area (Å²) in [5, 5.41) is 0. The van der Waals surface area contributed by atoms with Gasteiger partial charge in [-0.25, -0.2) is 9.97 Å². The van der Waals surface area contributed by atoms with Gasteiger partial charge in [-0.3, -0.25) is 0 Å². The van der Waals surface area contributed by atoms with Crippen LogP contribution in [0.1, 0.15) is 134 Å². The van der Waals surface area contributed by atoms with Crippen molar-refractivity contribution in [1.29, 1.82) is 0 Å². The first-order valence-corrected chi connectivity index (χ1v) is 19.3. The molecule has 7 rings (SSSR count). The van der Waals surface area contributed by atoms with E-state index in [1.54, 1.807) is 6.08 Å². The SMILES string of the molecule is CC(C)(C)c1cc(-c2c3nc(cc4[n-]c(cc4C(F)(F)F)c(-c4cc(C(C)(C)C)cc(C(C)(C)C)c4)c4nc(cc5ccc2[n-]5)C=C4)C=C3)cc(C(C)(C)C)c1.[Zn+2]. The summed E-state index contributed by atoms with van der Waals surface area (Å²) in [4.78, 5) is 19.9. The van der Waals surface area contributed by atoms with E-state index in [1.807, 2.05) is 36.4 Å². The number of fused-ring (bicyclic) bond motifs is 8. The maximum Gasteiger partial charge on any atom is 2.00 e. The van der Waals surface area contributed by atoms with Crippen molar-refractivity contribution in [1.82, 2.24) is 19.9 Å². The summed E-state index contributed by atoms with van der Waals surface area (Å²) < 4.78 is 44.9. The molecule has 2 aliphatic rings. The van der Waals surface area contributed by atoms with Crippen LogP contribution in [0.25, 0.3) is 68.6 Å². The van der Waals surface area contributed by atoms with Gasteiger partial charge in [-0.15, -0.1) is 22.1 Å². The van der Waals surface area contributed by atoms with E-state index in [0.717, 1.165) is 44.9 Å². The largest absolute Gasteiger partial charge is 2.00 e. The molecule has 0 saturated carbocycles. The minimum Gasteiger partial charge on any atom is -0.657 e. The van der Waals surface area contributed by atoms with Crippen molar-refractivity contribution >= 4 is 46.4 Å². The van der Waals surface area contributed by atoms with E-state index < -0.39 is 11.7 Å². The summed E-state index contributed by atoms with van der Waals surface area (Å²) in [6, 6.07) is 21.4. The maximum atomic E-state index is 15.0. The minimum atomic E-state index is -4.66. The zero-order chi connectivity index (χ0) is 40.7. The molecule has 0 saturated heterocycles. The zero-order valence-corrected chi connectivity index (χ0v) is 38.3. The Hall–Kier alpha value is -4.55. The molecule has 290 valence electrons. The zero-order valence-electron chi connectivity index (χ0n) is 35.3. The Kier molecular flexibility index (Phi) is 10.6. The van der Waals surface area contributed by atoms with Gasteiger partial charge in [-0.2, -0.15) is 13.2 Å². The molecule has 5 heterocycles. The van der Waals surface area contributed by atoms with Gasteiger partial charge in [0.1, 0.15) is 0 Å². The van der Waals surface area contributed by atoms with E-state index in [2.05, 4.69) is 119 Å². The van der Waals surface area contributed by atoms with Gasteiger partial charge in [0.2, 0.25) is 0 Å². The summed E-state index contributed by atoms with van der Waals surface area (Å²) in [6.45, 7) is 26.0. The molecule has 57 heavy (non-hydrogen) atoms. The Morgan fingerprint density at radius 3 is 1.28 bits per heavy atom. The summed E-state index contributed by atoms with van der Waals surface area (Å²) in [6.07, 6.45) is 2.71. The van der Waals surface area contributed by atoms with Crippen molar-refractivity contribution in [3.63, 3.8) is 0 Å². The van der Waals surface area contributed by atoms with E-state index in [4.69, 9.17) is 19.9 Å². The van der Waals surface area contributed by atoms with Gasteiger partial charge < -0.3 is 9.97 Å². The van der Waals surface area contributed by atoms with Crippen LogP contribution >= 0.6 is 0 Å². The first kappa shape index (κ1) is 42.1. The normalized spacial score (nSPS) is 13.6. The average molecular weight is 818 g/mol. The summed E-state index contributed by atoms with van der Waals surface area (Å²) >= 11 is 0. The van der Waals surface area contributed by atoms with Gasteiger partial charge in [-0.05, 0) is 90.5 Å². The van der Waals surface area contributed by atoms with E-state index in [-0.39, 0.29) is 52.2 Å². The predicted octanol–water partition coefficient (Wildman–Crippen LogP) is 13.5. The number of alkyl halides is 3. The van der Waals surface area contributed by atoms with Crippen LogP contribution < -0.4 is 9.97 Å². The van der Waals surface area contributed by atoms with Crippen LogP contribution in [0, 0.1) is 0 Å². The third kappa shape index (κ3) is 8.67. The molecular formula is C49H51F3N4Zn. The van der Waals surface area contributed by atoms with Crippen molar-refractivity contribution < 1.29 is 32.6 Å². The monoisotopic (exact) mass is 816 g/mol. The molecule has 2 aromatic carbocycles. The molecule has 0 radical (unpaired) electrons. The fourth-order valence-electron chi connectivity index (χ4n) is 7.11. The molecular weight excluding hydrogens is 767 g/mol. The van der Waals surface area contributed by atoms with Crippen LogP contribution in [0.5, 0.6) is 0 Å². The molecule has 0 spiro atoms. The van der Waals surface area contributed by atoms with Crippen molar-refractivity contribution in [3.8, 4) is 22.3 Å². The standard InChI is InChI=1S/C49H51F3N4.Zn/c1-45(2,3)30-19-28(20-31(23-30)46(4,5)6)43-38-16-13-34(53-38)25-35-14-17-40(54-35)44(29-21-32(47(7,8)9)24-33(22-29)48(10,11)12)42-27-37(49(50,51)52)41(56-42)26-36-15-18-39(43)55-36;/h13-27H,1-12H3;/q-2;+2. The van der Waals surface area contributed by atoms with Gasteiger partial charge in [-0.1, -0.05) is 150 Å². The Balaban J connectivity index is 0.00000549. The number of rotatable bonds is 2. The van der Waals surface area contributed by atoms with Crippen LogP contribution in [-0.2, 0) is 47.3 Å². The molecule has 8 heteroatoms. The Morgan fingerprint density at radius 1 is 0.439 bits per heavy atom. The molecule has 0 amide bonds. The van der Waals surface area contributed by atoms with E-state index in [1.165, 1.54) is 17.2 Å². The summed E-state index contributed by atoms with van der Waals surface area (Å²) in [5.74, 6) is 0. The van der Waals surface area contributed by atoms with Crippen LogP contribution in [-0.4, -0.2) is 9.97 Å². The molecule has 0 atom stereocenters. The number of hydrogen-bond donors (Lipinski definition) is 0. The maximum absolute atomic E-state index is 15.0. The fraction of sp³-hybridized carbons (Fsp3) is 0.347. The van der Waals surface area contributed by atoms with Gasteiger partial charge in [0.05, 0.1) is 22.8 Å². The third-order valence-corrected chi connectivity index (χ3v) is 10.6. The fourth-order valence-corrected chi connectivity index (χ4v) is 7.11. The number of nitrogens with zero attached hydrogens (tertiary/aromatic N) is 4. The molecule has 0 fully saturated rings. The van der Waals surface area contributed by atoms with Gasteiger partial charge in [0.25, 0.3) is 0 Å².